The molecule has 1 aromatic carbocycles. The fourth-order valence-electron chi connectivity index (χ4n) is 2.13. The molecule has 3 aromatic rings. The van der Waals surface area contributed by atoms with Crippen LogP contribution >= 0.6 is 11.8 Å². The monoisotopic (exact) mass is 382 g/mol. The number of amides is 1. The number of halogens is 3. The van der Waals surface area contributed by atoms with E-state index < -0.39 is 23.2 Å². The van der Waals surface area contributed by atoms with Crippen molar-refractivity contribution in [3.05, 3.63) is 41.9 Å². The van der Waals surface area contributed by atoms with Crippen LogP contribution < -0.4 is 5.32 Å². The van der Waals surface area contributed by atoms with Crippen LogP contribution in [0.1, 0.15) is 18.4 Å². The van der Waals surface area contributed by atoms with Gasteiger partial charge in [0.1, 0.15) is 5.03 Å². The maximum atomic E-state index is 13.0. The molecule has 0 fully saturated rings. The number of carbonyl (C=O) groups excluding carboxylic acids is 1. The van der Waals surface area contributed by atoms with Gasteiger partial charge in [-0.25, -0.2) is 9.97 Å². The molecule has 26 heavy (non-hydrogen) atoms. The lowest BCUT2D eigenvalue weighted by Gasteiger charge is -2.13. The van der Waals surface area contributed by atoms with Gasteiger partial charge in [0.05, 0.1) is 16.5 Å². The van der Waals surface area contributed by atoms with Gasteiger partial charge in [-0.05, 0) is 19.9 Å². The highest BCUT2D eigenvalue weighted by Gasteiger charge is 2.36. The molecule has 136 valence electrons. The van der Waals surface area contributed by atoms with Crippen LogP contribution in [0.15, 0.2) is 39.9 Å². The molecule has 1 unspecified atom stereocenters. The first-order valence-corrected chi connectivity index (χ1v) is 8.37. The minimum Gasteiger partial charge on any atom is -0.338 e. The number of nitrogens with one attached hydrogen (secondary N) is 1. The van der Waals surface area contributed by atoms with Crippen LogP contribution in [0.25, 0.3) is 10.9 Å². The van der Waals surface area contributed by atoms with Crippen LogP contribution in [0.5, 0.6) is 0 Å². The summed E-state index contributed by atoms with van der Waals surface area (Å²) in [6, 6.07) is 7.88. The van der Waals surface area contributed by atoms with Gasteiger partial charge in [0.2, 0.25) is 17.6 Å². The fraction of sp³-hybridized carbons (Fsp3) is 0.250. The Bertz CT molecular complexity index is 958. The zero-order valence-corrected chi connectivity index (χ0v) is 14.5. The first-order chi connectivity index (χ1) is 12.2. The predicted molar refractivity (Wildman–Crippen MR) is 89.7 cm³/mol. The summed E-state index contributed by atoms with van der Waals surface area (Å²) in [5, 5.41) is 5.98. The summed E-state index contributed by atoms with van der Waals surface area (Å²) in [6.07, 6.45) is -4.68. The Morgan fingerprint density at radius 3 is 2.65 bits per heavy atom. The molecule has 0 saturated heterocycles. The number of hydrogen-bond acceptors (Lipinski definition) is 6. The zero-order valence-electron chi connectivity index (χ0n) is 13.7. The van der Waals surface area contributed by atoms with Gasteiger partial charge in [-0.15, -0.1) is 0 Å². The van der Waals surface area contributed by atoms with Gasteiger partial charge in [-0.2, -0.15) is 13.2 Å². The molecule has 0 bridgehead atoms. The predicted octanol–water partition coefficient (Wildman–Crippen LogP) is 4.06. The van der Waals surface area contributed by atoms with Crippen molar-refractivity contribution in [1.29, 1.82) is 0 Å². The van der Waals surface area contributed by atoms with Crippen LogP contribution in [-0.2, 0) is 11.0 Å². The van der Waals surface area contributed by atoms with Crippen molar-refractivity contribution in [2.24, 2.45) is 0 Å². The topological polar surface area (TPSA) is 80.9 Å². The number of rotatable bonds is 4. The number of aromatic nitrogens is 3. The Morgan fingerprint density at radius 1 is 1.27 bits per heavy atom. The van der Waals surface area contributed by atoms with E-state index in [0.717, 1.165) is 11.8 Å². The number of hydrogen-bond donors (Lipinski definition) is 1. The molecule has 0 radical (unpaired) electrons. The molecule has 1 N–H and O–H groups in total. The highest BCUT2D eigenvalue weighted by Crippen LogP contribution is 2.33. The number of carbonyl (C=O) groups is 1. The minimum atomic E-state index is -4.68. The standard InChI is InChI=1S/C16H13F3N4O2S/c1-8-7-12(25-23-8)21-13(24)9(2)26-14-10-5-3-4-6-11(10)20-15(22-14)16(17,18)19/h3-7,9H,1-2H3,(H,21,24). The number of thioether (sulfide) groups is 1. The molecule has 0 aliphatic heterocycles. The van der Waals surface area contributed by atoms with E-state index in [1.165, 1.54) is 12.1 Å². The van der Waals surface area contributed by atoms with Gasteiger partial charge >= 0.3 is 6.18 Å². The quantitative estimate of drug-likeness (QED) is 0.541. The SMILES string of the molecule is Cc1cc(NC(=O)C(C)Sc2nc(C(F)(F)F)nc3ccccc23)on1. The number of nitrogens with zero attached hydrogens (tertiary/aromatic N) is 3. The van der Waals surface area contributed by atoms with E-state index in [1.54, 1.807) is 32.0 Å². The molecule has 0 aliphatic rings. The molecule has 0 saturated carbocycles. The molecule has 2 aromatic heterocycles. The summed E-state index contributed by atoms with van der Waals surface area (Å²) >= 11 is 0.912. The Kier molecular flexibility index (Phi) is 4.86. The van der Waals surface area contributed by atoms with Crippen LogP contribution in [-0.4, -0.2) is 26.3 Å². The van der Waals surface area contributed by atoms with Crippen LogP contribution in [0, 0.1) is 6.92 Å². The van der Waals surface area contributed by atoms with E-state index in [9.17, 15) is 18.0 Å². The van der Waals surface area contributed by atoms with Crippen LogP contribution in [0.4, 0.5) is 19.1 Å². The zero-order chi connectivity index (χ0) is 18.9. The summed E-state index contributed by atoms with van der Waals surface area (Å²) in [4.78, 5) is 19.4. The highest BCUT2D eigenvalue weighted by atomic mass is 32.2. The summed E-state index contributed by atoms with van der Waals surface area (Å²) in [5.74, 6) is -1.51. The number of aryl methyl sites for hydroxylation is 1. The Morgan fingerprint density at radius 2 is 2.00 bits per heavy atom. The fourth-order valence-corrected chi connectivity index (χ4v) is 3.07. The molecular weight excluding hydrogens is 369 g/mol. The second-order valence-corrected chi connectivity index (χ2v) is 6.78. The van der Waals surface area contributed by atoms with Crippen molar-refractivity contribution in [1.82, 2.24) is 15.1 Å². The van der Waals surface area contributed by atoms with Gasteiger partial charge in [0.15, 0.2) is 0 Å². The summed E-state index contributed by atoms with van der Waals surface area (Å²) in [6.45, 7) is 3.26. The Balaban J connectivity index is 1.88. The third kappa shape index (κ3) is 3.96. The lowest BCUT2D eigenvalue weighted by atomic mass is 10.2. The van der Waals surface area contributed by atoms with E-state index in [0.29, 0.717) is 11.1 Å². The van der Waals surface area contributed by atoms with Crippen molar-refractivity contribution in [3.8, 4) is 0 Å². The van der Waals surface area contributed by atoms with E-state index in [-0.39, 0.29) is 16.4 Å². The highest BCUT2D eigenvalue weighted by molar-refractivity contribution is 8.00. The largest absolute Gasteiger partial charge is 0.451 e. The smallest absolute Gasteiger partial charge is 0.338 e. The van der Waals surface area contributed by atoms with Gasteiger partial charge < -0.3 is 4.52 Å². The first-order valence-electron chi connectivity index (χ1n) is 7.49. The van der Waals surface area contributed by atoms with E-state index in [2.05, 4.69) is 20.4 Å². The summed E-state index contributed by atoms with van der Waals surface area (Å²) in [5.41, 5.74) is 0.757. The minimum absolute atomic E-state index is 0.0827. The molecule has 10 heteroatoms. The molecule has 1 atom stereocenters. The Hall–Kier alpha value is -2.62. The maximum absolute atomic E-state index is 13.0. The lowest BCUT2D eigenvalue weighted by Crippen LogP contribution is -2.22. The number of fused-ring (bicyclic) bond motifs is 1. The third-order valence-corrected chi connectivity index (χ3v) is 4.46. The van der Waals surface area contributed by atoms with E-state index in [4.69, 9.17) is 4.52 Å². The lowest BCUT2D eigenvalue weighted by molar-refractivity contribution is -0.145. The second-order valence-electron chi connectivity index (χ2n) is 5.45. The summed E-state index contributed by atoms with van der Waals surface area (Å²) < 4.78 is 44.0. The van der Waals surface area contributed by atoms with E-state index in [1.807, 2.05) is 0 Å². The third-order valence-electron chi connectivity index (χ3n) is 3.35. The van der Waals surface area contributed by atoms with Gasteiger partial charge in [-0.1, -0.05) is 35.1 Å². The summed E-state index contributed by atoms with van der Waals surface area (Å²) in [7, 11) is 0. The van der Waals surface area contributed by atoms with E-state index >= 15 is 0 Å². The van der Waals surface area contributed by atoms with Crippen molar-refractivity contribution in [3.63, 3.8) is 0 Å². The maximum Gasteiger partial charge on any atom is 0.451 e. The van der Waals surface area contributed by atoms with Crippen LogP contribution in [0.3, 0.4) is 0 Å². The molecule has 0 aliphatic carbocycles. The Labute approximate surface area is 150 Å². The molecule has 1 amide bonds. The van der Waals surface area contributed by atoms with Crippen molar-refractivity contribution in [2.45, 2.75) is 30.3 Å². The first kappa shape index (κ1) is 18.2. The van der Waals surface area contributed by atoms with Crippen molar-refractivity contribution >= 4 is 34.5 Å². The molecule has 2 heterocycles. The van der Waals surface area contributed by atoms with Gasteiger partial charge in [0, 0.05) is 11.5 Å². The number of alkyl halides is 3. The molecule has 0 spiro atoms. The molecule has 3 rings (SSSR count). The van der Waals surface area contributed by atoms with Gasteiger partial charge in [-0.3, -0.25) is 10.1 Å². The second kappa shape index (κ2) is 6.94. The number of para-hydroxylation sites is 1. The van der Waals surface area contributed by atoms with Crippen LogP contribution in [0.2, 0.25) is 0 Å². The normalized spacial score (nSPS) is 13.0. The average Bonchev–Trinajstić information content (AvgIpc) is 2.98. The van der Waals surface area contributed by atoms with Gasteiger partial charge in [0.25, 0.3) is 0 Å². The number of benzene rings is 1. The van der Waals surface area contributed by atoms with Crippen molar-refractivity contribution in [2.75, 3.05) is 5.32 Å². The molecule has 6 nitrogen and oxygen atoms in total. The number of anilines is 1. The average molecular weight is 382 g/mol. The van der Waals surface area contributed by atoms with Crippen molar-refractivity contribution < 1.29 is 22.5 Å². The molecular formula is C16H13F3N4O2S.